The van der Waals surface area contributed by atoms with Gasteiger partial charge in [0.15, 0.2) is 0 Å². The number of benzene rings is 1. The number of hydrogen-bond donors (Lipinski definition) is 1. The van der Waals surface area contributed by atoms with Crippen molar-refractivity contribution in [2.75, 3.05) is 7.05 Å². The summed E-state index contributed by atoms with van der Waals surface area (Å²) in [6, 6.07) is 5.87. The van der Waals surface area contributed by atoms with Crippen LogP contribution in [0.2, 0.25) is 0 Å². The maximum absolute atomic E-state index is 13.3. The monoisotopic (exact) mass is 327 g/mol. The summed E-state index contributed by atoms with van der Waals surface area (Å²) in [5, 5.41) is 3.46. The Morgan fingerprint density at radius 3 is 2.79 bits per heavy atom. The summed E-state index contributed by atoms with van der Waals surface area (Å²) in [7, 11) is 2.04. The summed E-state index contributed by atoms with van der Waals surface area (Å²) < 4.78 is 13.8. The summed E-state index contributed by atoms with van der Waals surface area (Å²) in [4.78, 5) is 0. The van der Waals surface area contributed by atoms with E-state index in [9.17, 15) is 4.39 Å². The molecule has 3 heteroatoms. The molecule has 0 saturated heterocycles. The standard InChI is InChI=1S/C16H23BrFN/c1-3-11-4-6-13(8-11)16(19-2)10-12-5-7-15(18)14(17)9-12/h5,7,9,11,13,16,19H,3-4,6,8,10H2,1-2H3. The lowest BCUT2D eigenvalue weighted by atomic mass is 9.91. The zero-order valence-corrected chi connectivity index (χ0v) is 13.3. The fourth-order valence-electron chi connectivity index (χ4n) is 3.27. The molecule has 3 atom stereocenters. The van der Waals surface area contributed by atoms with E-state index in [1.54, 1.807) is 6.07 Å². The minimum atomic E-state index is -0.184. The lowest BCUT2D eigenvalue weighted by Crippen LogP contribution is -2.34. The molecule has 1 saturated carbocycles. The van der Waals surface area contributed by atoms with E-state index >= 15 is 0 Å². The highest BCUT2D eigenvalue weighted by atomic mass is 79.9. The second-order valence-corrected chi connectivity index (χ2v) is 6.55. The number of rotatable bonds is 5. The average molecular weight is 328 g/mol. The first-order valence-corrected chi connectivity index (χ1v) is 8.04. The molecule has 3 unspecified atom stereocenters. The average Bonchev–Trinajstić information content (AvgIpc) is 2.88. The summed E-state index contributed by atoms with van der Waals surface area (Å²) >= 11 is 3.27. The Morgan fingerprint density at radius 1 is 1.42 bits per heavy atom. The van der Waals surface area contributed by atoms with Gasteiger partial charge in [0, 0.05) is 6.04 Å². The van der Waals surface area contributed by atoms with Gasteiger partial charge in [0.1, 0.15) is 5.82 Å². The van der Waals surface area contributed by atoms with Gasteiger partial charge in [0.2, 0.25) is 0 Å². The predicted octanol–water partition coefficient (Wildman–Crippen LogP) is 4.55. The Hall–Kier alpha value is -0.410. The van der Waals surface area contributed by atoms with E-state index in [0.29, 0.717) is 10.5 Å². The lowest BCUT2D eigenvalue weighted by molar-refractivity contribution is 0.361. The number of nitrogens with one attached hydrogen (secondary N) is 1. The molecule has 0 amide bonds. The van der Waals surface area contributed by atoms with Crippen LogP contribution in [-0.4, -0.2) is 13.1 Å². The van der Waals surface area contributed by atoms with Crippen LogP contribution >= 0.6 is 15.9 Å². The second kappa shape index (κ2) is 6.85. The Kier molecular flexibility index (Phi) is 5.40. The topological polar surface area (TPSA) is 12.0 Å². The molecule has 0 heterocycles. The molecule has 106 valence electrons. The van der Waals surface area contributed by atoms with Crippen molar-refractivity contribution in [1.29, 1.82) is 0 Å². The van der Waals surface area contributed by atoms with Crippen molar-refractivity contribution < 1.29 is 4.39 Å². The number of halogens is 2. The molecule has 0 aliphatic heterocycles. The molecular weight excluding hydrogens is 305 g/mol. The quantitative estimate of drug-likeness (QED) is 0.836. The van der Waals surface area contributed by atoms with Crippen LogP contribution in [-0.2, 0) is 6.42 Å². The van der Waals surface area contributed by atoms with Gasteiger partial charge in [-0.25, -0.2) is 4.39 Å². The number of likely N-dealkylation sites (N-methyl/N-ethyl adjacent to an activating group) is 1. The molecular formula is C16H23BrFN. The first-order valence-electron chi connectivity index (χ1n) is 7.25. The van der Waals surface area contributed by atoms with Crippen molar-refractivity contribution in [3.63, 3.8) is 0 Å². The van der Waals surface area contributed by atoms with Gasteiger partial charge in [-0.05, 0) is 71.8 Å². The van der Waals surface area contributed by atoms with E-state index in [0.717, 1.165) is 18.3 Å². The molecule has 1 fully saturated rings. The molecule has 0 spiro atoms. The van der Waals surface area contributed by atoms with Gasteiger partial charge in [0.25, 0.3) is 0 Å². The third kappa shape index (κ3) is 3.79. The van der Waals surface area contributed by atoms with E-state index in [4.69, 9.17) is 0 Å². The maximum atomic E-state index is 13.3. The van der Waals surface area contributed by atoms with E-state index in [1.807, 2.05) is 19.2 Å². The smallest absolute Gasteiger partial charge is 0.137 e. The van der Waals surface area contributed by atoms with E-state index in [-0.39, 0.29) is 5.82 Å². The highest BCUT2D eigenvalue weighted by Crippen LogP contribution is 2.35. The summed E-state index contributed by atoms with van der Waals surface area (Å²) in [6.07, 6.45) is 6.31. The third-order valence-corrected chi connectivity index (χ3v) is 5.15. The van der Waals surface area contributed by atoms with Crippen LogP contribution in [0.4, 0.5) is 4.39 Å². The van der Waals surface area contributed by atoms with E-state index < -0.39 is 0 Å². The summed E-state index contributed by atoms with van der Waals surface area (Å²) in [5.74, 6) is 1.48. The summed E-state index contributed by atoms with van der Waals surface area (Å²) in [5.41, 5.74) is 1.20. The molecule has 1 aliphatic rings. The minimum Gasteiger partial charge on any atom is -0.316 e. The SMILES string of the molecule is CCC1CCC(C(Cc2ccc(F)c(Br)c2)NC)C1. The maximum Gasteiger partial charge on any atom is 0.137 e. The highest BCUT2D eigenvalue weighted by Gasteiger charge is 2.29. The van der Waals surface area contributed by atoms with Crippen molar-refractivity contribution in [3.05, 3.63) is 34.1 Å². The minimum absolute atomic E-state index is 0.184. The van der Waals surface area contributed by atoms with Crippen LogP contribution < -0.4 is 5.32 Å². The van der Waals surface area contributed by atoms with Crippen LogP contribution in [0, 0.1) is 17.7 Å². The first-order chi connectivity index (χ1) is 9.13. The normalized spacial score (nSPS) is 24.6. The zero-order valence-electron chi connectivity index (χ0n) is 11.8. The molecule has 19 heavy (non-hydrogen) atoms. The van der Waals surface area contributed by atoms with Crippen LogP contribution in [0.25, 0.3) is 0 Å². The Morgan fingerprint density at radius 2 is 2.21 bits per heavy atom. The van der Waals surface area contributed by atoms with Gasteiger partial charge in [-0.15, -0.1) is 0 Å². The van der Waals surface area contributed by atoms with Crippen molar-refractivity contribution in [2.45, 2.75) is 45.1 Å². The van der Waals surface area contributed by atoms with Gasteiger partial charge in [-0.2, -0.15) is 0 Å². The zero-order chi connectivity index (χ0) is 13.8. The molecule has 1 nitrogen and oxygen atoms in total. The van der Waals surface area contributed by atoms with Gasteiger partial charge in [0.05, 0.1) is 4.47 Å². The van der Waals surface area contributed by atoms with Crippen LogP contribution in [0.1, 0.15) is 38.2 Å². The van der Waals surface area contributed by atoms with E-state index in [2.05, 4.69) is 28.2 Å². The van der Waals surface area contributed by atoms with Crippen molar-refractivity contribution in [2.24, 2.45) is 11.8 Å². The third-order valence-electron chi connectivity index (χ3n) is 4.54. The fraction of sp³-hybridized carbons (Fsp3) is 0.625. The molecule has 1 aromatic rings. The van der Waals surface area contributed by atoms with Gasteiger partial charge in [-0.3, -0.25) is 0 Å². The van der Waals surface area contributed by atoms with Crippen LogP contribution in [0.15, 0.2) is 22.7 Å². The lowest BCUT2D eigenvalue weighted by Gasteiger charge is -2.23. The fourth-order valence-corrected chi connectivity index (χ4v) is 3.70. The highest BCUT2D eigenvalue weighted by molar-refractivity contribution is 9.10. The number of hydrogen-bond acceptors (Lipinski definition) is 1. The molecule has 2 rings (SSSR count). The van der Waals surface area contributed by atoms with Crippen LogP contribution in [0.5, 0.6) is 0 Å². The van der Waals surface area contributed by atoms with Gasteiger partial charge in [-0.1, -0.05) is 25.8 Å². The van der Waals surface area contributed by atoms with Crippen molar-refractivity contribution >= 4 is 15.9 Å². The second-order valence-electron chi connectivity index (χ2n) is 5.70. The van der Waals surface area contributed by atoms with Crippen molar-refractivity contribution in [3.8, 4) is 0 Å². The molecule has 0 radical (unpaired) electrons. The summed E-state index contributed by atoms with van der Waals surface area (Å²) in [6.45, 7) is 2.29. The predicted molar refractivity (Wildman–Crippen MR) is 81.8 cm³/mol. The van der Waals surface area contributed by atoms with Gasteiger partial charge >= 0.3 is 0 Å². The molecule has 1 N–H and O–H groups in total. The first kappa shape index (κ1) is 15.0. The Balaban J connectivity index is 2.00. The molecule has 1 aromatic carbocycles. The van der Waals surface area contributed by atoms with Crippen molar-refractivity contribution in [1.82, 2.24) is 5.32 Å². The molecule has 0 aromatic heterocycles. The largest absolute Gasteiger partial charge is 0.316 e. The van der Waals surface area contributed by atoms with Crippen LogP contribution in [0.3, 0.4) is 0 Å². The Labute approximate surface area is 124 Å². The molecule has 1 aliphatic carbocycles. The van der Waals surface area contributed by atoms with Gasteiger partial charge < -0.3 is 5.32 Å². The Bertz CT molecular complexity index is 421. The molecule has 0 bridgehead atoms. The van der Waals surface area contributed by atoms with E-state index in [1.165, 1.54) is 31.2 Å².